The SMILES string of the molecule is COc1cc(C)c(C(N)CC2CCCCCC2)cc1C. The highest BCUT2D eigenvalue weighted by Gasteiger charge is 2.18. The van der Waals surface area contributed by atoms with E-state index in [-0.39, 0.29) is 6.04 Å². The fourth-order valence-electron chi connectivity index (χ4n) is 3.52. The fourth-order valence-corrected chi connectivity index (χ4v) is 3.52. The van der Waals surface area contributed by atoms with Gasteiger partial charge in [0.25, 0.3) is 0 Å². The minimum Gasteiger partial charge on any atom is -0.496 e. The Morgan fingerprint density at radius 1 is 1.10 bits per heavy atom. The molecule has 1 aromatic carbocycles. The summed E-state index contributed by atoms with van der Waals surface area (Å²) in [5.41, 5.74) is 10.2. The van der Waals surface area contributed by atoms with Crippen LogP contribution in [0, 0.1) is 19.8 Å². The van der Waals surface area contributed by atoms with Crippen LogP contribution in [-0.4, -0.2) is 7.11 Å². The molecule has 1 saturated carbocycles. The lowest BCUT2D eigenvalue weighted by Crippen LogP contribution is -2.17. The van der Waals surface area contributed by atoms with Crippen LogP contribution < -0.4 is 10.5 Å². The van der Waals surface area contributed by atoms with Gasteiger partial charge in [-0.05, 0) is 48.9 Å². The van der Waals surface area contributed by atoms with Gasteiger partial charge in [-0.15, -0.1) is 0 Å². The number of benzene rings is 1. The van der Waals surface area contributed by atoms with E-state index in [1.165, 1.54) is 55.2 Å². The molecular weight excluding hydrogens is 246 g/mol. The van der Waals surface area contributed by atoms with Crippen LogP contribution >= 0.6 is 0 Å². The zero-order valence-corrected chi connectivity index (χ0v) is 13.2. The van der Waals surface area contributed by atoms with E-state index in [1.54, 1.807) is 7.11 Å². The van der Waals surface area contributed by atoms with Crippen LogP contribution in [0.4, 0.5) is 0 Å². The molecule has 1 fully saturated rings. The summed E-state index contributed by atoms with van der Waals surface area (Å²) in [6, 6.07) is 4.51. The van der Waals surface area contributed by atoms with Crippen molar-refractivity contribution in [2.45, 2.75) is 64.8 Å². The van der Waals surface area contributed by atoms with Crippen molar-refractivity contribution >= 4 is 0 Å². The first-order chi connectivity index (χ1) is 9.61. The number of methoxy groups -OCH3 is 1. The van der Waals surface area contributed by atoms with E-state index in [4.69, 9.17) is 10.5 Å². The smallest absolute Gasteiger partial charge is 0.122 e. The van der Waals surface area contributed by atoms with E-state index in [0.29, 0.717) is 0 Å². The zero-order valence-electron chi connectivity index (χ0n) is 13.2. The summed E-state index contributed by atoms with van der Waals surface area (Å²) in [5, 5.41) is 0. The number of nitrogens with two attached hydrogens (primary N) is 1. The highest BCUT2D eigenvalue weighted by molar-refractivity contribution is 5.42. The van der Waals surface area contributed by atoms with Crippen molar-refractivity contribution < 1.29 is 4.74 Å². The number of rotatable bonds is 4. The molecule has 1 aromatic rings. The molecule has 0 aliphatic heterocycles. The predicted molar refractivity (Wildman–Crippen MR) is 85.2 cm³/mol. The maximum absolute atomic E-state index is 6.50. The zero-order chi connectivity index (χ0) is 14.5. The predicted octanol–water partition coefficient (Wildman–Crippen LogP) is 4.67. The fraction of sp³-hybridized carbons (Fsp3) is 0.667. The Balaban J connectivity index is 2.08. The molecule has 1 aliphatic rings. The summed E-state index contributed by atoms with van der Waals surface area (Å²) >= 11 is 0. The largest absolute Gasteiger partial charge is 0.496 e. The van der Waals surface area contributed by atoms with Crippen molar-refractivity contribution in [1.82, 2.24) is 0 Å². The standard InChI is InChI=1S/C18H29NO/c1-13-11-18(20-3)14(2)10-16(13)17(19)12-15-8-6-4-5-7-9-15/h10-11,15,17H,4-9,12,19H2,1-3H3. The summed E-state index contributed by atoms with van der Waals surface area (Å²) in [6.07, 6.45) is 9.45. The normalized spacial score (nSPS) is 18.6. The summed E-state index contributed by atoms with van der Waals surface area (Å²) in [7, 11) is 1.73. The molecule has 0 heterocycles. The molecule has 112 valence electrons. The van der Waals surface area contributed by atoms with Crippen molar-refractivity contribution in [1.29, 1.82) is 0 Å². The summed E-state index contributed by atoms with van der Waals surface area (Å²) < 4.78 is 5.39. The molecule has 0 saturated heterocycles. The molecule has 1 atom stereocenters. The second-order valence-electron chi connectivity index (χ2n) is 6.38. The third-order valence-electron chi connectivity index (χ3n) is 4.75. The Kier molecular flexibility index (Phi) is 5.47. The molecule has 0 amide bonds. The molecule has 0 aromatic heterocycles. The number of hydrogen-bond donors (Lipinski definition) is 1. The second kappa shape index (κ2) is 7.12. The highest BCUT2D eigenvalue weighted by atomic mass is 16.5. The summed E-state index contributed by atoms with van der Waals surface area (Å²) in [4.78, 5) is 0. The van der Waals surface area contributed by atoms with E-state index in [9.17, 15) is 0 Å². The Morgan fingerprint density at radius 3 is 2.35 bits per heavy atom. The summed E-state index contributed by atoms with van der Waals surface area (Å²) in [5.74, 6) is 1.78. The van der Waals surface area contributed by atoms with Crippen LogP contribution in [0.15, 0.2) is 12.1 Å². The van der Waals surface area contributed by atoms with Gasteiger partial charge in [-0.3, -0.25) is 0 Å². The minimum absolute atomic E-state index is 0.169. The van der Waals surface area contributed by atoms with Gasteiger partial charge in [0, 0.05) is 6.04 Å². The van der Waals surface area contributed by atoms with Gasteiger partial charge in [-0.25, -0.2) is 0 Å². The Hall–Kier alpha value is -1.02. The van der Waals surface area contributed by atoms with Gasteiger partial charge < -0.3 is 10.5 Å². The van der Waals surface area contributed by atoms with Crippen molar-refractivity contribution in [2.24, 2.45) is 11.7 Å². The molecule has 2 heteroatoms. The first kappa shape index (κ1) is 15.4. The lowest BCUT2D eigenvalue weighted by molar-refractivity contribution is 0.391. The average molecular weight is 275 g/mol. The van der Waals surface area contributed by atoms with Crippen molar-refractivity contribution in [3.63, 3.8) is 0 Å². The second-order valence-corrected chi connectivity index (χ2v) is 6.38. The average Bonchev–Trinajstić information content (AvgIpc) is 2.69. The molecule has 0 bridgehead atoms. The van der Waals surface area contributed by atoms with Crippen LogP contribution in [0.2, 0.25) is 0 Å². The molecule has 2 N–H and O–H groups in total. The van der Waals surface area contributed by atoms with Gasteiger partial charge >= 0.3 is 0 Å². The maximum atomic E-state index is 6.50. The topological polar surface area (TPSA) is 35.2 Å². The lowest BCUT2D eigenvalue weighted by Gasteiger charge is -2.22. The van der Waals surface area contributed by atoms with E-state index in [1.807, 2.05) is 0 Å². The number of ether oxygens (including phenoxy) is 1. The third kappa shape index (κ3) is 3.76. The van der Waals surface area contributed by atoms with Crippen LogP contribution in [0.25, 0.3) is 0 Å². The van der Waals surface area contributed by atoms with Crippen LogP contribution in [0.1, 0.15) is 67.7 Å². The van der Waals surface area contributed by atoms with E-state index in [2.05, 4.69) is 26.0 Å². The monoisotopic (exact) mass is 275 g/mol. The molecule has 20 heavy (non-hydrogen) atoms. The number of aryl methyl sites for hydroxylation is 2. The Bertz CT molecular complexity index is 433. The van der Waals surface area contributed by atoms with Gasteiger partial charge in [0.05, 0.1) is 7.11 Å². The molecule has 1 aliphatic carbocycles. The molecule has 2 nitrogen and oxygen atoms in total. The van der Waals surface area contributed by atoms with Gasteiger partial charge in [0.15, 0.2) is 0 Å². The van der Waals surface area contributed by atoms with Crippen molar-refractivity contribution in [2.75, 3.05) is 7.11 Å². The molecule has 0 spiro atoms. The Labute approximate surface area is 123 Å². The first-order valence-corrected chi connectivity index (χ1v) is 8.02. The highest BCUT2D eigenvalue weighted by Crippen LogP contribution is 2.33. The first-order valence-electron chi connectivity index (χ1n) is 8.02. The van der Waals surface area contributed by atoms with E-state index >= 15 is 0 Å². The Morgan fingerprint density at radius 2 is 1.75 bits per heavy atom. The maximum Gasteiger partial charge on any atom is 0.122 e. The van der Waals surface area contributed by atoms with Gasteiger partial charge in [0.1, 0.15) is 5.75 Å². The van der Waals surface area contributed by atoms with Gasteiger partial charge in [-0.2, -0.15) is 0 Å². The van der Waals surface area contributed by atoms with Gasteiger partial charge in [0.2, 0.25) is 0 Å². The van der Waals surface area contributed by atoms with Gasteiger partial charge in [-0.1, -0.05) is 44.6 Å². The number of hydrogen-bond acceptors (Lipinski definition) is 2. The third-order valence-corrected chi connectivity index (χ3v) is 4.75. The molecular formula is C18H29NO. The van der Waals surface area contributed by atoms with Crippen molar-refractivity contribution in [3.8, 4) is 5.75 Å². The molecule has 1 unspecified atom stereocenters. The summed E-state index contributed by atoms with van der Waals surface area (Å²) in [6.45, 7) is 4.24. The van der Waals surface area contributed by atoms with Crippen LogP contribution in [0.3, 0.4) is 0 Å². The van der Waals surface area contributed by atoms with Crippen LogP contribution in [0.5, 0.6) is 5.75 Å². The lowest BCUT2D eigenvalue weighted by atomic mass is 9.88. The van der Waals surface area contributed by atoms with Crippen molar-refractivity contribution in [3.05, 3.63) is 28.8 Å². The van der Waals surface area contributed by atoms with E-state index < -0.39 is 0 Å². The molecule has 0 radical (unpaired) electrons. The quantitative estimate of drug-likeness (QED) is 0.810. The molecule has 2 rings (SSSR count). The minimum atomic E-state index is 0.169. The van der Waals surface area contributed by atoms with E-state index in [0.717, 1.165) is 18.1 Å². The van der Waals surface area contributed by atoms with Crippen LogP contribution in [-0.2, 0) is 0 Å².